The molecular formula is C4H10NO4S-. The molecule has 5 nitrogen and oxygen atoms in total. The third kappa shape index (κ3) is 15.6. The number of rotatable bonds is 2. The average Bonchev–Trinajstić information content (AvgIpc) is 1.89. The van der Waals surface area contributed by atoms with Crippen molar-refractivity contribution in [1.29, 1.82) is 0 Å². The van der Waals surface area contributed by atoms with Gasteiger partial charge in [0.1, 0.15) is 11.4 Å². The van der Waals surface area contributed by atoms with Crippen molar-refractivity contribution < 1.29 is 17.8 Å². The minimum Gasteiger partial charge on any atom is -0.748 e. The van der Waals surface area contributed by atoms with Gasteiger partial charge in [-0.15, -0.1) is 0 Å². The lowest BCUT2D eigenvalue weighted by atomic mass is 10.8. The molecule has 0 rings (SSSR count). The highest BCUT2D eigenvalue weighted by molar-refractivity contribution is 7.74. The molecule has 0 bridgehead atoms. The molecule has 0 spiro atoms. The summed E-state index contributed by atoms with van der Waals surface area (Å²) in [4.78, 5) is 9.84. The fourth-order valence-electron chi connectivity index (χ4n) is 0.0927. The van der Waals surface area contributed by atoms with Crippen molar-refractivity contribution in [2.75, 3.05) is 0 Å². The molecule has 0 aliphatic rings. The SMILES string of the molecule is CC.CC(=O)NOS(=O)[O-]. The van der Waals surface area contributed by atoms with Crippen LogP contribution in [0.2, 0.25) is 0 Å². The lowest BCUT2D eigenvalue weighted by Gasteiger charge is -2.02. The quantitative estimate of drug-likeness (QED) is 0.460. The Hall–Kier alpha value is -0.460. The maximum absolute atomic E-state index is 9.84. The van der Waals surface area contributed by atoms with E-state index in [9.17, 15) is 13.6 Å². The van der Waals surface area contributed by atoms with E-state index in [-0.39, 0.29) is 0 Å². The zero-order chi connectivity index (χ0) is 8.57. The van der Waals surface area contributed by atoms with Crippen LogP contribution in [0.5, 0.6) is 0 Å². The molecule has 0 saturated heterocycles. The topological polar surface area (TPSA) is 78.5 Å². The molecule has 0 aromatic rings. The van der Waals surface area contributed by atoms with Gasteiger partial charge in [-0.05, 0) is 0 Å². The zero-order valence-corrected chi connectivity index (χ0v) is 6.86. The van der Waals surface area contributed by atoms with Gasteiger partial charge in [0.15, 0.2) is 0 Å². The first kappa shape index (κ1) is 12.2. The molecule has 0 radical (unpaired) electrons. The predicted octanol–water partition coefficient (Wildman–Crippen LogP) is -0.126. The molecule has 0 aliphatic carbocycles. The molecule has 1 amide bonds. The van der Waals surface area contributed by atoms with E-state index in [1.54, 1.807) is 5.48 Å². The average molecular weight is 168 g/mol. The van der Waals surface area contributed by atoms with Gasteiger partial charge in [0, 0.05) is 6.92 Å². The van der Waals surface area contributed by atoms with Gasteiger partial charge < -0.3 is 4.55 Å². The van der Waals surface area contributed by atoms with Gasteiger partial charge in [-0.25, -0.2) is 9.69 Å². The number of hydrogen-bond donors (Lipinski definition) is 1. The summed E-state index contributed by atoms with van der Waals surface area (Å²) in [5, 5.41) is 0. The van der Waals surface area contributed by atoms with Gasteiger partial charge in [-0.1, -0.05) is 13.8 Å². The van der Waals surface area contributed by atoms with Crippen molar-refractivity contribution in [3.05, 3.63) is 0 Å². The molecule has 1 unspecified atom stereocenters. The van der Waals surface area contributed by atoms with E-state index in [0.717, 1.165) is 6.92 Å². The van der Waals surface area contributed by atoms with Gasteiger partial charge in [0.25, 0.3) is 0 Å². The van der Waals surface area contributed by atoms with Crippen molar-refractivity contribution in [2.45, 2.75) is 20.8 Å². The number of carbonyl (C=O) groups is 1. The number of hydroxylamine groups is 1. The molecule has 0 aromatic heterocycles. The predicted molar refractivity (Wildman–Crippen MR) is 35.2 cm³/mol. The van der Waals surface area contributed by atoms with Gasteiger partial charge in [0.2, 0.25) is 5.91 Å². The fraction of sp³-hybridized carbons (Fsp3) is 0.750. The first-order valence-electron chi connectivity index (χ1n) is 2.66. The van der Waals surface area contributed by atoms with Crippen molar-refractivity contribution in [3.63, 3.8) is 0 Å². The molecule has 0 aromatic carbocycles. The molecule has 6 heteroatoms. The van der Waals surface area contributed by atoms with E-state index in [0.29, 0.717) is 0 Å². The molecule has 10 heavy (non-hydrogen) atoms. The van der Waals surface area contributed by atoms with E-state index in [2.05, 4.69) is 4.28 Å². The third-order valence-electron chi connectivity index (χ3n) is 0.253. The van der Waals surface area contributed by atoms with Crippen LogP contribution in [0.4, 0.5) is 0 Å². The Kier molecular flexibility index (Phi) is 10.5. The van der Waals surface area contributed by atoms with Crippen molar-refractivity contribution >= 4 is 17.3 Å². The molecule has 1 atom stereocenters. The third-order valence-corrected chi connectivity index (χ3v) is 0.473. The van der Waals surface area contributed by atoms with Gasteiger partial charge in [-0.3, -0.25) is 4.79 Å². The molecule has 0 aliphatic heterocycles. The smallest absolute Gasteiger partial charge is 0.241 e. The van der Waals surface area contributed by atoms with E-state index < -0.39 is 17.3 Å². The highest BCUT2D eigenvalue weighted by atomic mass is 32.2. The zero-order valence-electron chi connectivity index (χ0n) is 6.04. The number of nitrogens with one attached hydrogen (secondary N) is 1. The second-order valence-corrected chi connectivity index (χ2v) is 1.52. The van der Waals surface area contributed by atoms with E-state index in [4.69, 9.17) is 0 Å². The van der Waals surface area contributed by atoms with Gasteiger partial charge >= 0.3 is 0 Å². The molecule has 0 saturated carbocycles. The van der Waals surface area contributed by atoms with Crippen LogP contribution in [0.15, 0.2) is 0 Å². The van der Waals surface area contributed by atoms with Crippen LogP contribution in [0.3, 0.4) is 0 Å². The normalized spacial score (nSPS) is 10.8. The lowest BCUT2D eigenvalue weighted by molar-refractivity contribution is -0.125. The largest absolute Gasteiger partial charge is 0.748 e. The standard InChI is InChI=1S/C2H5NO4S.C2H6/c1-2(4)3-7-8(5)6;1-2/h1H3,(H,3,4)(H,5,6);1-2H3/p-1. The van der Waals surface area contributed by atoms with Crippen LogP contribution in [-0.4, -0.2) is 14.7 Å². The first-order valence-corrected chi connectivity index (χ1v) is 3.66. The van der Waals surface area contributed by atoms with Crippen molar-refractivity contribution in [1.82, 2.24) is 5.48 Å². The van der Waals surface area contributed by atoms with Gasteiger partial charge in [-0.2, -0.15) is 4.28 Å². The van der Waals surface area contributed by atoms with E-state index >= 15 is 0 Å². The minimum atomic E-state index is -2.67. The molecule has 0 heterocycles. The van der Waals surface area contributed by atoms with Crippen molar-refractivity contribution in [2.24, 2.45) is 0 Å². The van der Waals surface area contributed by atoms with Crippen LogP contribution >= 0.6 is 0 Å². The highest BCUT2D eigenvalue weighted by Gasteiger charge is 1.86. The minimum absolute atomic E-state index is 0.561. The molecule has 1 N–H and O–H groups in total. The summed E-state index contributed by atoms with van der Waals surface area (Å²) in [5.74, 6) is -0.561. The second kappa shape index (κ2) is 8.54. The summed E-state index contributed by atoms with van der Waals surface area (Å²) >= 11 is -2.67. The summed E-state index contributed by atoms with van der Waals surface area (Å²) in [6.45, 7) is 5.13. The maximum Gasteiger partial charge on any atom is 0.241 e. The van der Waals surface area contributed by atoms with Crippen LogP contribution in [-0.2, 0) is 20.4 Å². The summed E-state index contributed by atoms with van der Waals surface area (Å²) in [6, 6.07) is 0. The maximum atomic E-state index is 9.84. The Bertz CT molecular complexity index is 102. The van der Waals surface area contributed by atoms with Gasteiger partial charge in [0.05, 0.1) is 0 Å². The Morgan fingerprint density at radius 2 is 2.00 bits per heavy atom. The molecular weight excluding hydrogens is 158 g/mol. The van der Waals surface area contributed by atoms with Crippen LogP contribution in [0.25, 0.3) is 0 Å². The summed E-state index contributed by atoms with van der Waals surface area (Å²) in [7, 11) is 0. The van der Waals surface area contributed by atoms with Crippen LogP contribution in [0.1, 0.15) is 20.8 Å². The summed E-state index contributed by atoms with van der Waals surface area (Å²) in [6.07, 6.45) is 0. The van der Waals surface area contributed by atoms with Crippen LogP contribution in [0, 0.1) is 0 Å². The Morgan fingerprint density at radius 3 is 2.10 bits per heavy atom. The Balaban J connectivity index is 0. The Labute approximate surface area is 62.2 Å². The summed E-state index contributed by atoms with van der Waals surface area (Å²) in [5.41, 5.74) is 1.59. The molecule has 0 fully saturated rings. The Morgan fingerprint density at radius 1 is 1.60 bits per heavy atom. The lowest BCUT2D eigenvalue weighted by Crippen LogP contribution is -2.21. The van der Waals surface area contributed by atoms with Crippen molar-refractivity contribution in [3.8, 4) is 0 Å². The van der Waals surface area contributed by atoms with E-state index in [1.165, 1.54) is 0 Å². The monoisotopic (exact) mass is 168 g/mol. The number of carbonyl (C=O) groups excluding carboxylic acids is 1. The number of hydrogen-bond acceptors (Lipinski definition) is 4. The second-order valence-electron chi connectivity index (χ2n) is 0.946. The molecule has 62 valence electrons. The first-order chi connectivity index (χ1) is 4.63. The summed E-state index contributed by atoms with van der Waals surface area (Å²) < 4.78 is 22.6. The van der Waals surface area contributed by atoms with Crippen LogP contribution < -0.4 is 5.48 Å². The highest BCUT2D eigenvalue weighted by Crippen LogP contribution is 1.69. The fourth-order valence-corrected chi connectivity index (χ4v) is 0.278. The van der Waals surface area contributed by atoms with E-state index in [1.807, 2.05) is 13.8 Å². The number of amides is 1.